The maximum atomic E-state index is 16.7. The molecule has 50 heavy (non-hydrogen) atoms. The standard InChI is InChI=1S/C38H39FN8O3.H2/c1-50-33-7-3-2-6-28(33)30-21-29(27-5-4-14-46(24-27)35(48)12-15-47-16-13-41-43-47)36(39)37-31(30)22-32(42-37)38(49)45-19-17-44(18-20-45)34-11-10-26(23-40-34)25-8-9-25;/h2-3,5-7,10-11,13,16,21-23,25,42H,4,8-9,12,14-15,17-20,24H2,1H3;1H. The van der Waals surface area contributed by atoms with Crippen molar-refractivity contribution in [2.75, 3.05) is 51.3 Å². The zero-order valence-corrected chi connectivity index (χ0v) is 28.0. The zero-order valence-electron chi connectivity index (χ0n) is 28.0. The van der Waals surface area contributed by atoms with Crippen molar-refractivity contribution in [2.45, 2.75) is 38.1 Å². The monoisotopic (exact) mass is 676 g/mol. The number of carbonyl (C=O) groups is 2. The fraction of sp³-hybridized carbons (Fsp3) is 0.342. The number of rotatable bonds is 9. The van der Waals surface area contributed by atoms with E-state index in [4.69, 9.17) is 9.72 Å². The molecule has 3 aromatic heterocycles. The fourth-order valence-electron chi connectivity index (χ4n) is 7.12. The first-order valence-corrected chi connectivity index (χ1v) is 17.3. The Labute approximate surface area is 290 Å². The van der Waals surface area contributed by atoms with E-state index in [1.165, 1.54) is 18.4 Å². The molecule has 1 N–H and O–H groups in total. The molecule has 1 aliphatic carbocycles. The van der Waals surface area contributed by atoms with Crippen LogP contribution in [0.4, 0.5) is 10.2 Å². The van der Waals surface area contributed by atoms with Crippen molar-refractivity contribution >= 4 is 34.1 Å². The van der Waals surface area contributed by atoms with Gasteiger partial charge in [0.2, 0.25) is 5.91 Å². The number of nitrogens with zero attached hydrogens (tertiary/aromatic N) is 7. The molecule has 3 aliphatic rings. The molecule has 0 radical (unpaired) electrons. The SMILES string of the molecule is COc1ccccc1-c1cc(C2=CCCN(C(=O)CCn3ccnn3)C2)c(F)c2[nH]c(C(=O)N3CCN(c4ccc(C5CC5)cn4)CC3)cc12.[HH]. The van der Waals surface area contributed by atoms with E-state index < -0.39 is 5.82 Å². The predicted molar refractivity (Wildman–Crippen MR) is 191 cm³/mol. The molecule has 5 heterocycles. The molecule has 2 fully saturated rings. The van der Waals surface area contributed by atoms with E-state index >= 15 is 4.39 Å². The Morgan fingerprint density at radius 3 is 2.58 bits per heavy atom. The summed E-state index contributed by atoms with van der Waals surface area (Å²) >= 11 is 0. The highest BCUT2D eigenvalue weighted by molar-refractivity contribution is 6.05. The molecule has 5 aromatic rings. The first-order chi connectivity index (χ1) is 24.5. The highest BCUT2D eigenvalue weighted by Gasteiger charge is 2.29. The number of pyridine rings is 1. The molecule has 0 atom stereocenters. The largest absolute Gasteiger partial charge is 0.496 e. The van der Waals surface area contributed by atoms with Gasteiger partial charge in [-0.1, -0.05) is 35.6 Å². The van der Waals surface area contributed by atoms with Crippen LogP contribution in [0.25, 0.3) is 27.6 Å². The average Bonchev–Trinajstić information content (AvgIpc) is 3.69. The number of aromatic nitrogens is 5. The summed E-state index contributed by atoms with van der Waals surface area (Å²) in [5.41, 5.74) is 4.51. The number of carbonyl (C=O) groups excluding carboxylic acids is 2. The third-order valence-corrected chi connectivity index (χ3v) is 10.1. The minimum Gasteiger partial charge on any atom is -0.496 e. The third kappa shape index (κ3) is 6.21. The van der Waals surface area contributed by atoms with Gasteiger partial charge in [0.05, 0.1) is 25.4 Å². The van der Waals surface area contributed by atoms with Crippen molar-refractivity contribution in [3.8, 4) is 16.9 Å². The van der Waals surface area contributed by atoms with Crippen LogP contribution in [0.5, 0.6) is 5.75 Å². The van der Waals surface area contributed by atoms with Crippen LogP contribution in [0.1, 0.15) is 54.6 Å². The number of H-pyrrole nitrogens is 1. The van der Waals surface area contributed by atoms with Crippen LogP contribution >= 0.6 is 0 Å². The summed E-state index contributed by atoms with van der Waals surface area (Å²) in [7, 11) is 1.61. The fourth-order valence-corrected chi connectivity index (χ4v) is 7.12. The Balaban J connectivity index is 0.00000406. The number of nitrogens with one attached hydrogen (secondary N) is 1. The van der Waals surface area contributed by atoms with Gasteiger partial charge in [-0.3, -0.25) is 14.3 Å². The van der Waals surface area contributed by atoms with Gasteiger partial charge in [-0.2, -0.15) is 0 Å². The van der Waals surface area contributed by atoms with E-state index in [0.717, 1.165) is 22.5 Å². The highest BCUT2D eigenvalue weighted by Crippen LogP contribution is 2.41. The number of aryl methyl sites for hydroxylation is 1. The van der Waals surface area contributed by atoms with Gasteiger partial charge in [-0.05, 0) is 66.1 Å². The van der Waals surface area contributed by atoms with Gasteiger partial charge in [-0.15, -0.1) is 5.10 Å². The molecule has 2 amide bonds. The quantitative estimate of drug-likeness (QED) is 0.211. The molecule has 1 saturated carbocycles. The normalized spacial score (nSPS) is 16.5. The lowest BCUT2D eigenvalue weighted by molar-refractivity contribution is -0.131. The predicted octanol–water partition coefficient (Wildman–Crippen LogP) is 5.76. The molecular weight excluding hydrogens is 635 g/mol. The van der Waals surface area contributed by atoms with Crippen LogP contribution in [0, 0.1) is 5.82 Å². The van der Waals surface area contributed by atoms with Gasteiger partial charge in [0.1, 0.15) is 17.3 Å². The van der Waals surface area contributed by atoms with Crippen LogP contribution in [-0.2, 0) is 11.3 Å². The number of para-hydroxylation sites is 1. The van der Waals surface area contributed by atoms with Crippen molar-refractivity contribution in [3.05, 3.63) is 95.8 Å². The second kappa shape index (κ2) is 13.4. The van der Waals surface area contributed by atoms with Crippen molar-refractivity contribution < 1.29 is 20.1 Å². The molecule has 8 rings (SSSR count). The van der Waals surface area contributed by atoms with Crippen LogP contribution in [0.2, 0.25) is 0 Å². The second-order valence-electron chi connectivity index (χ2n) is 13.2. The van der Waals surface area contributed by atoms with Crippen LogP contribution in [0.15, 0.2) is 73.2 Å². The minimum absolute atomic E-state index is 0. The van der Waals surface area contributed by atoms with Gasteiger partial charge in [0, 0.05) is 76.0 Å². The number of anilines is 1. The molecule has 0 spiro atoms. The van der Waals surface area contributed by atoms with Gasteiger partial charge in [0.15, 0.2) is 5.82 Å². The summed E-state index contributed by atoms with van der Waals surface area (Å²) in [6.07, 6.45) is 10.6. The molecule has 0 bridgehead atoms. The molecule has 258 valence electrons. The topological polar surface area (TPSA) is 112 Å². The minimum atomic E-state index is -0.452. The average molecular weight is 677 g/mol. The molecule has 2 aliphatic heterocycles. The Hall–Kier alpha value is -5.52. The number of piperazine rings is 1. The number of hydrogen-bond donors (Lipinski definition) is 1. The third-order valence-electron chi connectivity index (χ3n) is 10.1. The zero-order chi connectivity index (χ0) is 34.2. The summed E-state index contributed by atoms with van der Waals surface area (Å²) in [6.45, 7) is 3.63. The number of aromatic amines is 1. The number of methoxy groups -OCH3 is 1. The van der Waals surface area contributed by atoms with E-state index in [0.29, 0.717) is 74.0 Å². The summed E-state index contributed by atoms with van der Waals surface area (Å²) in [5.74, 6) is 1.56. The maximum absolute atomic E-state index is 16.7. The Kier molecular flexibility index (Phi) is 8.51. The number of ether oxygens (including phenoxy) is 1. The van der Waals surface area contributed by atoms with Gasteiger partial charge in [0.25, 0.3) is 5.91 Å². The molecule has 11 nitrogen and oxygen atoms in total. The highest BCUT2D eigenvalue weighted by atomic mass is 19.1. The second-order valence-corrected chi connectivity index (χ2v) is 13.2. The number of halogens is 1. The molecular formula is C38H41FN8O3. The lowest BCUT2D eigenvalue weighted by atomic mass is 9.93. The van der Waals surface area contributed by atoms with Gasteiger partial charge in [-0.25, -0.2) is 9.37 Å². The molecule has 0 unspecified atom stereocenters. The molecule has 12 heteroatoms. The number of benzene rings is 2. The Bertz CT molecular complexity index is 2070. The van der Waals surface area contributed by atoms with E-state index in [-0.39, 0.29) is 31.7 Å². The Morgan fingerprint density at radius 1 is 1.00 bits per heavy atom. The molecule has 1 saturated heterocycles. The molecule has 2 aromatic carbocycles. The van der Waals surface area contributed by atoms with E-state index in [1.807, 2.05) is 47.5 Å². The summed E-state index contributed by atoms with van der Waals surface area (Å²) in [5, 5.41) is 8.34. The van der Waals surface area contributed by atoms with Crippen LogP contribution in [0.3, 0.4) is 0 Å². The van der Waals surface area contributed by atoms with Crippen molar-refractivity contribution in [1.82, 2.24) is 34.8 Å². The maximum Gasteiger partial charge on any atom is 0.270 e. The van der Waals surface area contributed by atoms with Gasteiger partial charge < -0.3 is 24.4 Å². The van der Waals surface area contributed by atoms with E-state index in [1.54, 1.807) is 35.2 Å². The van der Waals surface area contributed by atoms with Crippen LogP contribution < -0.4 is 9.64 Å². The summed E-state index contributed by atoms with van der Waals surface area (Å²) in [6, 6.07) is 15.4. The van der Waals surface area contributed by atoms with E-state index in [9.17, 15) is 9.59 Å². The van der Waals surface area contributed by atoms with Crippen molar-refractivity contribution in [1.29, 1.82) is 0 Å². The van der Waals surface area contributed by atoms with Crippen LogP contribution in [-0.4, -0.2) is 93.0 Å². The lowest BCUT2D eigenvalue weighted by Crippen LogP contribution is -2.49. The van der Waals surface area contributed by atoms with Crippen molar-refractivity contribution in [2.24, 2.45) is 0 Å². The number of amides is 2. The van der Waals surface area contributed by atoms with Gasteiger partial charge >= 0.3 is 0 Å². The first-order valence-electron chi connectivity index (χ1n) is 17.3. The summed E-state index contributed by atoms with van der Waals surface area (Å²) in [4.78, 5) is 40.7. The summed E-state index contributed by atoms with van der Waals surface area (Å²) < 4.78 is 24.0. The first kappa shape index (κ1) is 31.7. The lowest BCUT2D eigenvalue weighted by Gasteiger charge is -2.35. The smallest absolute Gasteiger partial charge is 0.270 e. The number of fused-ring (bicyclic) bond motifs is 1. The van der Waals surface area contributed by atoms with E-state index in [2.05, 4.69) is 32.3 Å². The Morgan fingerprint density at radius 2 is 1.84 bits per heavy atom. The number of hydrogen-bond acceptors (Lipinski definition) is 7. The van der Waals surface area contributed by atoms with Crippen molar-refractivity contribution in [3.63, 3.8) is 0 Å².